The van der Waals surface area contributed by atoms with Crippen molar-refractivity contribution in [1.82, 2.24) is 4.90 Å². The predicted octanol–water partition coefficient (Wildman–Crippen LogP) is 2.01. The molecule has 0 bridgehead atoms. The zero-order chi connectivity index (χ0) is 11.3. The average molecular weight is 232 g/mol. The standard InChI is InChI=1S/C11H18ClNO2/c1-9(6-12)7-13-5-3-4-10(8-13)11(14)15-2/h6,10H,3-5,7-8H2,1-2H3. The molecule has 0 aliphatic carbocycles. The average Bonchev–Trinajstić information content (AvgIpc) is 2.28. The second-order valence-electron chi connectivity index (χ2n) is 4.05. The van der Waals surface area contributed by atoms with Crippen LogP contribution < -0.4 is 0 Å². The number of carbonyl (C=O) groups excluding carboxylic acids is 1. The third kappa shape index (κ3) is 3.84. The summed E-state index contributed by atoms with van der Waals surface area (Å²) in [6, 6.07) is 0. The molecule has 1 unspecified atom stereocenters. The van der Waals surface area contributed by atoms with Crippen molar-refractivity contribution in [2.45, 2.75) is 19.8 Å². The van der Waals surface area contributed by atoms with Crippen LogP contribution in [-0.4, -0.2) is 37.6 Å². The van der Waals surface area contributed by atoms with Crippen molar-refractivity contribution in [3.05, 3.63) is 11.1 Å². The molecular formula is C11H18ClNO2. The van der Waals surface area contributed by atoms with Gasteiger partial charge in [-0.1, -0.05) is 11.6 Å². The van der Waals surface area contributed by atoms with Crippen molar-refractivity contribution in [1.29, 1.82) is 0 Å². The Morgan fingerprint density at radius 3 is 3.00 bits per heavy atom. The molecule has 0 N–H and O–H groups in total. The lowest BCUT2D eigenvalue weighted by Gasteiger charge is -2.31. The Bertz CT molecular complexity index is 253. The topological polar surface area (TPSA) is 29.5 Å². The fraction of sp³-hybridized carbons (Fsp3) is 0.727. The Hall–Kier alpha value is -0.540. The molecule has 1 aliphatic heterocycles. The first kappa shape index (κ1) is 12.5. The highest BCUT2D eigenvalue weighted by Crippen LogP contribution is 2.18. The quantitative estimate of drug-likeness (QED) is 0.696. The number of hydrogen-bond acceptors (Lipinski definition) is 3. The summed E-state index contributed by atoms with van der Waals surface area (Å²) in [5.74, 6) is -0.0564. The number of nitrogens with zero attached hydrogens (tertiary/aromatic N) is 1. The van der Waals surface area contributed by atoms with Crippen molar-refractivity contribution >= 4 is 17.6 Å². The molecule has 0 spiro atoms. The van der Waals surface area contributed by atoms with Crippen molar-refractivity contribution in [3.8, 4) is 0 Å². The van der Waals surface area contributed by atoms with Gasteiger partial charge in [0.2, 0.25) is 0 Å². The third-order valence-corrected chi connectivity index (χ3v) is 3.07. The van der Waals surface area contributed by atoms with E-state index < -0.39 is 0 Å². The molecule has 1 saturated heterocycles. The van der Waals surface area contributed by atoms with Crippen LogP contribution in [0.4, 0.5) is 0 Å². The molecule has 15 heavy (non-hydrogen) atoms. The molecule has 0 radical (unpaired) electrons. The second-order valence-corrected chi connectivity index (χ2v) is 4.27. The van der Waals surface area contributed by atoms with E-state index in [1.807, 2.05) is 6.92 Å². The minimum atomic E-state index is -0.0905. The van der Waals surface area contributed by atoms with Crippen LogP contribution in [-0.2, 0) is 9.53 Å². The van der Waals surface area contributed by atoms with Crippen molar-refractivity contribution < 1.29 is 9.53 Å². The molecule has 1 atom stereocenters. The van der Waals surface area contributed by atoms with E-state index in [9.17, 15) is 4.79 Å². The van der Waals surface area contributed by atoms with Gasteiger partial charge in [0, 0.05) is 18.6 Å². The van der Waals surface area contributed by atoms with E-state index in [1.54, 1.807) is 5.54 Å². The number of hydrogen-bond donors (Lipinski definition) is 0. The molecule has 86 valence electrons. The van der Waals surface area contributed by atoms with Crippen LogP contribution in [0.25, 0.3) is 0 Å². The summed E-state index contributed by atoms with van der Waals surface area (Å²) in [6.45, 7) is 4.66. The number of carbonyl (C=O) groups is 1. The van der Waals surface area contributed by atoms with Gasteiger partial charge in [-0.2, -0.15) is 0 Å². The van der Waals surface area contributed by atoms with Crippen LogP contribution in [0, 0.1) is 5.92 Å². The molecule has 4 heteroatoms. The highest BCUT2D eigenvalue weighted by Gasteiger charge is 2.26. The lowest BCUT2D eigenvalue weighted by atomic mass is 9.98. The predicted molar refractivity (Wildman–Crippen MR) is 60.8 cm³/mol. The Balaban J connectivity index is 2.45. The van der Waals surface area contributed by atoms with Gasteiger partial charge >= 0.3 is 5.97 Å². The molecule has 1 aliphatic rings. The van der Waals surface area contributed by atoms with E-state index in [-0.39, 0.29) is 11.9 Å². The van der Waals surface area contributed by atoms with Crippen LogP contribution >= 0.6 is 11.6 Å². The Morgan fingerprint density at radius 2 is 2.40 bits per heavy atom. The van der Waals surface area contributed by atoms with Gasteiger partial charge in [-0.15, -0.1) is 0 Å². The molecule has 1 heterocycles. The molecule has 0 aromatic heterocycles. The maximum atomic E-state index is 11.4. The lowest BCUT2D eigenvalue weighted by molar-refractivity contribution is -0.147. The molecule has 0 amide bonds. The first-order valence-corrected chi connectivity index (χ1v) is 5.67. The first-order chi connectivity index (χ1) is 7.17. The molecule has 0 aromatic carbocycles. The van der Waals surface area contributed by atoms with Crippen molar-refractivity contribution in [3.63, 3.8) is 0 Å². The van der Waals surface area contributed by atoms with Gasteiger partial charge in [0.25, 0.3) is 0 Å². The summed E-state index contributed by atoms with van der Waals surface area (Å²) in [4.78, 5) is 13.6. The van der Waals surface area contributed by atoms with E-state index in [0.717, 1.165) is 38.0 Å². The fourth-order valence-corrected chi connectivity index (χ4v) is 2.01. The Kier molecular flexibility index (Phi) is 5.12. The largest absolute Gasteiger partial charge is 0.469 e. The number of methoxy groups -OCH3 is 1. The summed E-state index contributed by atoms with van der Waals surface area (Å²) in [7, 11) is 1.45. The second kappa shape index (κ2) is 6.13. The van der Waals surface area contributed by atoms with E-state index in [1.165, 1.54) is 7.11 Å². The Labute approximate surface area is 96.0 Å². The monoisotopic (exact) mass is 231 g/mol. The van der Waals surface area contributed by atoms with Crippen molar-refractivity contribution in [2.75, 3.05) is 26.7 Å². The third-order valence-electron chi connectivity index (χ3n) is 2.70. The summed E-state index contributed by atoms with van der Waals surface area (Å²) in [5.41, 5.74) is 2.73. The summed E-state index contributed by atoms with van der Waals surface area (Å²) >= 11 is 5.62. The highest BCUT2D eigenvalue weighted by molar-refractivity contribution is 6.25. The first-order valence-electron chi connectivity index (χ1n) is 5.23. The summed E-state index contributed by atoms with van der Waals surface area (Å²) in [5, 5.41) is 0. The van der Waals surface area contributed by atoms with Gasteiger partial charge < -0.3 is 4.74 Å². The van der Waals surface area contributed by atoms with Gasteiger partial charge in [0.1, 0.15) is 0 Å². The van der Waals surface area contributed by atoms with Crippen LogP contribution in [0.2, 0.25) is 0 Å². The zero-order valence-corrected chi connectivity index (χ0v) is 10.1. The molecule has 1 rings (SSSR count). The van der Waals surface area contributed by atoms with Crippen molar-refractivity contribution in [2.24, 2.45) is 5.92 Å². The maximum absolute atomic E-state index is 11.4. The molecule has 3 nitrogen and oxygen atoms in total. The summed E-state index contributed by atoms with van der Waals surface area (Å²) in [6.07, 6.45) is 1.99. The van der Waals surface area contributed by atoms with Crippen LogP contribution in [0.1, 0.15) is 19.8 Å². The van der Waals surface area contributed by atoms with Gasteiger partial charge in [-0.25, -0.2) is 0 Å². The van der Waals surface area contributed by atoms with E-state index in [4.69, 9.17) is 16.3 Å². The minimum Gasteiger partial charge on any atom is -0.469 e. The van der Waals surface area contributed by atoms with Gasteiger partial charge in [-0.3, -0.25) is 9.69 Å². The molecular weight excluding hydrogens is 214 g/mol. The number of likely N-dealkylation sites (tertiary alicyclic amines) is 1. The molecule has 0 saturated carbocycles. The molecule has 1 fully saturated rings. The van der Waals surface area contributed by atoms with Gasteiger partial charge in [0.05, 0.1) is 13.0 Å². The fourth-order valence-electron chi connectivity index (χ4n) is 1.95. The van der Waals surface area contributed by atoms with E-state index in [0.29, 0.717) is 0 Å². The van der Waals surface area contributed by atoms with Crippen LogP contribution in [0.15, 0.2) is 11.1 Å². The maximum Gasteiger partial charge on any atom is 0.309 e. The number of piperidine rings is 1. The lowest BCUT2D eigenvalue weighted by Crippen LogP contribution is -2.39. The normalized spacial score (nSPS) is 23.9. The number of halogens is 1. The zero-order valence-electron chi connectivity index (χ0n) is 9.33. The number of ether oxygens (including phenoxy) is 1. The number of rotatable bonds is 3. The van der Waals surface area contributed by atoms with Crippen LogP contribution in [0.3, 0.4) is 0 Å². The van der Waals surface area contributed by atoms with E-state index in [2.05, 4.69) is 4.90 Å². The van der Waals surface area contributed by atoms with Gasteiger partial charge in [0.15, 0.2) is 0 Å². The summed E-state index contributed by atoms with van der Waals surface area (Å²) < 4.78 is 4.76. The number of esters is 1. The van der Waals surface area contributed by atoms with E-state index >= 15 is 0 Å². The minimum absolute atomic E-state index is 0.0341. The highest BCUT2D eigenvalue weighted by atomic mass is 35.5. The van der Waals surface area contributed by atoms with Gasteiger partial charge in [-0.05, 0) is 31.9 Å². The Morgan fingerprint density at radius 1 is 1.67 bits per heavy atom. The van der Waals surface area contributed by atoms with Crippen LogP contribution in [0.5, 0.6) is 0 Å². The smallest absolute Gasteiger partial charge is 0.309 e. The molecule has 0 aromatic rings. The SMILES string of the molecule is COC(=O)C1CCCN(CC(C)=CCl)C1.